The summed E-state index contributed by atoms with van der Waals surface area (Å²) in [6.45, 7) is 2.36. The van der Waals surface area contributed by atoms with Gasteiger partial charge in [0.2, 0.25) is 0 Å². The first-order valence-electron chi connectivity index (χ1n) is 12.3. The standard InChI is InChI=1S/C26H30ClF3N2O5S/c1-14(33)12-32(2)13-26(35)16-4-5-17(26)9-19(8-16)38(36,37)23-7-15(3-6-20(23)27)25(34)31-18-10-21(28)24(30)22(29)11-18/h3,6-7,10-11,14,16-17,19,33,35H,4-5,8-9,12-13H2,1-2H3,(H,31,34)/t14?,16?,17?,19-,26-. The van der Waals surface area contributed by atoms with Crippen molar-refractivity contribution in [3.8, 4) is 0 Å². The van der Waals surface area contributed by atoms with Gasteiger partial charge in [-0.2, -0.15) is 0 Å². The molecule has 0 aromatic heterocycles. The van der Waals surface area contributed by atoms with Crippen molar-refractivity contribution in [1.82, 2.24) is 4.90 Å². The molecule has 12 heteroatoms. The molecule has 38 heavy (non-hydrogen) atoms. The van der Waals surface area contributed by atoms with Gasteiger partial charge in [0.05, 0.1) is 26.9 Å². The van der Waals surface area contributed by atoms with Crippen molar-refractivity contribution < 1.29 is 36.6 Å². The van der Waals surface area contributed by atoms with E-state index in [1.54, 1.807) is 14.0 Å². The van der Waals surface area contributed by atoms with Crippen molar-refractivity contribution in [3.63, 3.8) is 0 Å². The van der Waals surface area contributed by atoms with Gasteiger partial charge in [-0.15, -0.1) is 0 Å². The van der Waals surface area contributed by atoms with Crippen LogP contribution in [-0.2, 0) is 9.84 Å². The molecule has 208 valence electrons. The van der Waals surface area contributed by atoms with Crippen molar-refractivity contribution in [2.45, 2.75) is 54.5 Å². The molecule has 7 nitrogen and oxygen atoms in total. The van der Waals surface area contributed by atoms with Gasteiger partial charge in [-0.3, -0.25) is 4.79 Å². The van der Waals surface area contributed by atoms with E-state index in [4.69, 9.17) is 11.6 Å². The number of benzene rings is 2. The predicted octanol–water partition coefficient (Wildman–Crippen LogP) is 4.02. The molecule has 4 rings (SSSR count). The summed E-state index contributed by atoms with van der Waals surface area (Å²) >= 11 is 6.25. The van der Waals surface area contributed by atoms with Crippen LogP contribution in [0, 0.1) is 29.3 Å². The Morgan fingerprint density at radius 2 is 1.74 bits per heavy atom. The molecule has 0 heterocycles. The average molecular weight is 575 g/mol. The number of carbonyl (C=O) groups excluding carboxylic acids is 1. The van der Waals surface area contributed by atoms with Crippen molar-refractivity contribution in [2.24, 2.45) is 11.8 Å². The molecule has 2 aliphatic carbocycles. The van der Waals surface area contributed by atoms with E-state index in [1.807, 2.05) is 4.90 Å². The summed E-state index contributed by atoms with van der Waals surface area (Å²) in [6.07, 6.45) is 1.23. The van der Waals surface area contributed by atoms with E-state index in [1.165, 1.54) is 12.1 Å². The molecule has 3 atom stereocenters. The second kappa shape index (κ2) is 10.8. The molecular formula is C26H30ClF3N2O5S. The van der Waals surface area contributed by atoms with Crippen LogP contribution in [-0.4, -0.2) is 66.5 Å². The number of hydrogen-bond donors (Lipinski definition) is 3. The topological polar surface area (TPSA) is 107 Å². The fraction of sp³-hybridized carbons (Fsp3) is 0.500. The Balaban J connectivity index is 1.54. The Morgan fingerprint density at radius 1 is 1.16 bits per heavy atom. The number of nitrogens with zero attached hydrogens (tertiary/aromatic N) is 1. The van der Waals surface area contributed by atoms with Crippen LogP contribution in [0.25, 0.3) is 0 Å². The highest BCUT2D eigenvalue weighted by Crippen LogP contribution is 2.52. The molecular weight excluding hydrogens is 545 g/mol. The smallest absolute Gasteiger partial charge is 0.255 e. The number of nitrogens with one attached hydrogen (secondary N) is 1. The fourth-order valence-electron chi connectivity index (χ4n) is 5.94. The van der Waals surface area contributed by atoms with E-state index in [0.717, 1.165) is 6.07 Å². The first-order chi connectivity index (χ1) is 17.7. The number of carbonyl (C=O) groups is 1. The number of aliphatic hydroxyl groups is 2. The number of likely N-dealkylation sites (N-methyl/N-ethyl adjacent to an activating group) is 1. The normalized spacial score (nSPS) is 26.0. The zero-order valence-corrected chi connectivity index (χ0v) is 22.5. The van der Waals surface area contributed by atoms with Crippen LogP contribution in [0.2, 0.25) is 5.02 Å². The molecule has 0 aliphatic heterocycles. The number of fused-ring (bicyclic) bond motifs is 2. The molecule has 0 saturated heterocycles. The van der Waals surface area contributed by atoms with Crippen LogP contribution >= 0.6 is 11.6 Å². The summed E-state index contributed by atoms with van der Waals surface area (Å²) in [5.41, 5.74) is -1.52. The summed E-state index contributed by atoms with van der Waals surface area (Å²) < 4.78 is 67.6. The Bertz CT molecular complexity index is 1300. The van der Waals surface area contributed by atoms with E-state index >= 15 is 0 Å². The maximum atomic E-state index is 13.7. The minimum absolute atomic E-state index is 0.0785. The number of halogens is 4. The predicted molar refractivity (Wildman–Crippen MR) is 136 cm³/mol. The molecule has 2 saturated carbocycles. The van der Waals surface area contributed by atoms with Crippen LogP contribution in [0.4, 0.5) is 18.9 Å². The lowest BCUT2D eigenvalue weighted by molar-refractivity contribution is -0.0799. The third kappa shape index (κ3) is 5.58. The molecule has 2 fully saturated rings. The lowest BCUT2D eigenvalue weighted by Gasteiger charge is -2.44. The van der Waals surface area contributed by atoms with Gasteiger partial charge in [-0.05, 0) is 69.7 Å². The number of sulfone groups is 1. The van der Waals surface area contributed by atoms with Crippen LogP contribution in [0.1, 0.15) is 43.0 Å². The van der Waals surface area contributed by atoms with Crippen LogP contribution in [0.5, 0.6) is 0 Å². The number of hydrogen-bond acceptors (Lipinski definition) is 6. The Labute approximate surface area is 224 Å². The van der Waals surface area contributed by atoms with Gasteiger partial charge >= 0.3 is 0 Å². The monoisotopic (exact) mass is 574 g/mol. The molecule has 3 unspecified atom stereocenters. The highest BCUT2D eigenvalue weighted by molar-refractivity contribution is 7.92. The van der Waals surface area contributed by atoms with Gasteiger partial charge in [0.1, 0.15) is 0 Å². The Kier molecular flexibility index (Phi) is 8.17. The molecule has 2 aromatic rings. The summed E-state index contributed by atoms with van der Waals surface area (Å²) in [4.78, 5) is 14.3. The SMILES string of the molecule is CC(O)CN(C)C[C@]1(O)C2CCC1C[C@@H](S(=O)(=O)c1cc(C(=O)Nc3cc(F)c(F)c(F)c3)ccc1Cl)C2. The highest BCUT2D eigenvalue weighted by atomic mass is 35.5. The zero-order valence-electron chi connectivity index (χ0n) is 20.9. The first-order valence-corrected chi connectivity index (χ1v) is 14.2. The number of anilines is 1. The summed E-state index contributed by atoms with van der Waals surface area (Å²) in [5, 5.41) is 22.5. The van der Waals surface area contributed by atoms with Gasteiger partial charge in [0.25, 0.3) is 5.91 Å². The molecule has 2 bridgehead atoms. The minimum atomic E-state index is -4.01. The zero-order chi connectivity index (χ0) is 28.0. The maximum Gasteiger partial charge on any atom is 0.255 e. The third-order valence-corrected chi connectivity index (χ3v) is 10.3. The van der Waals surface area contributed by atoms with E-state index in [9.17, 15) is 36.6 Å². The fourth-order valence-corrected chi connectivity index (χ4v) is 8.34. The Morgan fingerprint density at radius 3 is 2.29 bits per heavy atom. The van der Waals surface area contributed by atoms with E-state index in [0.29, 0.717) is 38.1 Å². The summed E-state index contributed by atoms with van der Waals surface area (Å²) in [5.74, 6) is -6.02. The largest absolute Gasteiger partial charge is 0.392 e. The van der Waals surface area contributed by atoms with Crippen molar-refractivity contribution in [1.29, 1.82) is 0 Å². The van der Waals surface area contributed by atoms with Gasteiger partial charge in [-0.1, -0.05) is 11.6 Å². The summed E-state index contributed by atoms with van der Waals surface area (Å²) in [6, 6.07) is 4.87. The maximum absolute atomic E-state index is 13.7. The van der Waals surface area contributed by atoms with Crippen LogP contribution in [0.15, 0.2) is 35.2 Å². The molecule has 2 aliphatic rings. The first kappa shape index (κ1) is 28.8. The highest BCUT2D eigenvalue weighted by Gasteiger charge is 2.56. The van der Waals surface area contributed by atoms with Crippen LogP contribution < -0.4 is 5.32 Å². The molecule has 3 N–H and O–H groups in total. The van der Waals surface area contributed by atoms with Crippen LogP contribution in [0.3, 0.4) is 0 Å². The second-order valence-electron chi connectivity index (χ2n) is 10.5. The quantitative estimate of drug-likeness (QED) is 0.411. The molecule has 1 amide bonds. The second-order valence-corrected chi connectivity index (χ2v) is 13.1. The number of rotatable bonds is 8. The number of amides is 1. The molecule has 0 radical (unpaired) electrons. The van der Waals surface area contributed by atoms with E-state index in [-0.39, 0.29) is 45.8 Å². The molecule has 0 spiro atoms. The Hall–Kier alpha value is -2.18. The van der Waals surface area contributed by atoms with Crippen molar-refractivity contribution in [2.75, 3.05) is 25.5 Å². The lowest BCUT2D eigenvalue weighted by atomic mass is 9.74. The van der Waals surface area contributed by atoms with Gasteiger partial charge in [0.15, 0.2) is 27.3 Å². The van der Waals surface area contributed by atoms with Crippen molar-refractivity contribution in [3.05, 3.63) is 58.4 Å². The van der Waals surface area contributed by atoms with E-state index < -0.39 is 50.2 Å². The average Bonchev–Trinajstić information content (AvgIpc) is 2.98. The minimum Gasteiger partial charge on any atom is -0.392 e. The van der Waals surface area contributed by atoms with Gasteiger partial charge < -0.3 is 20.4 Å². The third-order valence-electron chi connectivity index (χ3n) is 7.65. The van der Waals surface area contributed by atoms with Gasteiger partial charge in [-0.25, -0.2) is 21.6 Å². The number of aliphatic hydroxyl groups excluding tert-OH is 1. The van der Waals surface area contributed by atoms with Gasteiger partial charge in [0, 0.05) is 36.5 Å². The lowest BCUT2D eigenvalue weighted by Crippen LogP contribution is -2.54. The van der Waals surface area contributed by atoms with Crippen molar-refractivity contribution >= 4 is 33.0 Å². The summed E-state index contributed by atoms with van der Waals surface area (Å²) in [7, 11) is -2.21. The molecule has 2 aromatic carbocycles. The van der Waals surface area contributed by atoms with E-state index in [2.05, 4.69) is 5.32 Å².